The molecule has 0 saturated heterocycles. The molecule has 1 aromatic heterocycles. The molecule has 0 aliphatic rings. The maximum absolute atomic E-state index is 11.3. The van der Waals surface area contributed by atoms with E-state index < -0.39 is 9.84 Å². The first-order valence-electron chi connectivity index (χ1n) is 3.90. The predicted octanol–water partition coefficient (Wildman–Crippen LogP) is 2.10. The molecule has 4 heteroatoms. The molecule has 0 saturated carbocycles. The Balaban J connectivity index is 3.05. The number of hydrogen-bond donors (Lipinski definition) is 0. The van der Waals surface area contributed by atoms with Crippen molar-refractivity contribution >= 4 is 21.2 Å². The van der Waals surface area contributed by atoms with Gasteiger partial charge in [-0.05, 0) is 12.5 Å². The third-order valence-electron chi connectivity index (χ3n) is 1.72. The van der Waals surface area contributed by atoms with E-state index in [4.69, 9.17) is 0 Å². The van der Waals surface area contributed by atoms with Crippen molar-refractivity contribution in [2.24, 2.45) is 0 Å². The molecule has 12 heavy (non-hydrogen) atoms. The second-order valence-electron chi connectivity index (χ2n) is 2.51. The highest BCUT2D eigenvalue weighted by Gasteiger charge is 2.12. The molecular formula is C8H12O2S2. The van der Waals surface area contributed by atoms with Gasteiger partial charge in [0, 0.05) is 10.3 Å². The minimum absolute atomic E-state index is 0.187. The second kappa shape index (κ2) is 3.58. The second-order valence-corrected chi connectivity index (χ2v) is 5.78. The number of aryl methyl sites for hydroxylation is 1. The summed E-state index contributed by atoms with van der Waals surface area (Å²) in [7, 11) is -2.98. The van der Waals surface area contributed by atoms with E-state index >= 15 is 0 Å². The first-order chi connectivity index (χ1) is 5.60. The van der Waals surface area contributed by atoms with Crippen LogP contribution in [0.4, 0.5) is 0 Å². The van der Waals surface area contributed by atoms with Gasteiger partial charge >= 0.3 is 0 Å². The fourth-order valence-corrected chi connectivity index (χ4v) is 3.03. The highest BCUT2D eigenvalue weighted by atomic mass is 32.2. The SMILES string of the molecule is CCc1cc(S(=O)(=O)CC)cs1. The average Bonchev–Trinajstić information content (AvgIpc) is 2.52. The molecule has 0 spiro atoms. The largest absolute Gasteiger partial charge is 0.224 e. The Morgan fingerprint density at radius 3 is 2.50 bits per heavy atom. The summed E-state index contributed by atoms with van der Waals surface area (Å²) < 4.78 is 22.7. The molecule has 0 aromatic carbocycles. The highest BCUT2D eigenvalue weighted by Crippen LogP contribution is 2.20. The third-order valence-corrected chi connectivity index (χ3v) is 4.66. The van der Waals surface area contributed by atoms with E-state index in [9.17, 15) is 8.42 Å². The van der Waals surface area contributed by atoms with Crippen molar-refractivity contribution in [1.29, 1.82) is 0 Å². The third kappa shape index (κ3) is 1.87. The van der Waals surface area contributed by atoms with Crippen LogP contribution in [0, 0.1) is 0 Å². The van der Waals surface area contributed by atoms with Gasteiger partial charge < -0.3 is 0 Å². The van der Waals surface area contributed by atoms with E-state index in [1.54, 1.807) is 18.4 Å². The lowest BCUT2D eigenvalue weighted by Crippen LogP contribution is -2.01. The van der Waals surface area contributed by atoms with Gasteiger partial charge in [0.25, 0.3) is 0 Å². The monoisotopic (exact) mass is 204 g/mol. The van der Waals surface area contributed by atoms with Gasteiger partial charge in [0.1, 0.15) is 0 Å². The zero-order chi connectivity index (χ0) is 9.19. The molecule has 1 aromatic rings. The molecule has 2 nitrogen and oxygen atoms in total. The lowest BCUT2D eigenvalue weighted by Gasteiger charge is -1.94. The summed E-state index contributed by atoms with van der Waals surface area (Å²) in [5.74, 6) is 0.187. The molecular weight excluding hydrogens is 192 g/mol. The zero-order valence-corrected chi connectivity index (χ0v) is 8.83. The molecule has 0 unspecified atom stereocenters. The molecule has 0 aliphatic carbocycles. The van der Waals surface area contributed by atoms with Crippen molar-refractivity contribution in [1.82, 2.24) is 0 Å². The van der Waals surface area contributed by atoms with Crippen molar-refractivity contribution < 1.29 is 8.42 Å². The summed E-state index contributed by atoms with van der Waals surface area (Å²) in [6, 6.07) is 1.77. The van der Waals surface area contributed by atoms with Crippen molar-refractivity contribution in [2.75, 3.05) is 5.75 Å². The molecule has 0 atom stereocenters. The average molecular weight is 204 g/mol. The summed E-state index contributed by atoms with van der Waals surface area (Å²) in [6.45, 7) is 3.69. The van der Waals surface area contributed by atoms with Gasteiger partial charge in [0.15, 0.2) is 9.84 Å². The van der Waals surface area contributed by atoms with Gasteiger partial charge in [-0.1, -0.05) is 13.8 Å². The Morgan fingerprint density at radius 2 is 2.08 bits per heavy atom. The normalized spacial score (nSPS) is 11.8. The Bertz CT molecular complexity index is 349. The summed E-state index contributed by atoms with van der Waals surface area (Å²) in [5.41, 5.74) is 0. The van der Waals surface area contributed by atoms with Gasteiger partial charge in [0.05, 0.1) is 10.6 Å². The molecule has 0 amide bonds. The van der Waals surface area contributed by atoms with Crippen LogP contribution in [0.5, 0.6) is 0 Å². The predicted molar refractivity (Wildman–Crippen MR) is 51.4 cm³/mol. The number of thiophene rings is 1. The van der Waals surface area contributed by atoms with Crippen LogP contribution >= 0.6 is 11.3 Å². The van der Waals surface area contributed by atoms with E-state index in [-0.39, 0.29) is 5.75 Å². The van der Waals surface area contributed by atoms with Gasteiger partial charge in [-0.2, -0.15) is 0 Å². The van der Waals surface area contributed by atoms with Crippen LogP contribution in [0.25, 0.3) is 0 Å². The maximum Gasteiger partial charge on any atom is 0.178 e. The summed E-state index contributed by atoms with van der Waals surface area (Å²) in [6.07, 6.45) is 0.907. The van der Waals surface area contributed by atoms with Gasteiger partial charge in [-0.15, -0.1) is 11.3 Å². The van der Waals surface area contributed by atoms with E-state index in [0.717, 1.165) is 11.3 Å². The fraction of sp³-hybridized carbons (Fsp3) is 0.500. The first-order valence-corrected chi connectivity index (χ1v) is 6.43. The van der Waals surface area contributed by atoms with Crippen molar-refractivity contribution in [3.63, 3.8) is 0 Å². The quantitative estimate of drug-likeness (QED) is 0.755. The number of hydrogen-bond acceptors (Lipinski definition) is 3. The minimum Gasteiger partial charge on any atom is -0.224 e. The Hall–Kier alpha value is -0.350. The molecule has 0 aliphatic heterocycles. The van der Waals surface area contributed by atoms with E-state index in [1.165, 1.54) is 11.3 Å². The Morgan fingerprint density at radius 1 is 1.42 bits per heavy atom. The standard InChI is InChI=1S/C8H12O2S2/c1-3-7-5-8(6-11-7)12(9,10)4-2/h5-6H,3-4H2,1-2H3. The van der Waals surface area contributed by atoms with Crippen LogP contribution < -0.4 is 0 Å². The van der Waals surface area contributed by atoms with Gasteiger partial charge in [0.2, 0.25) is 0 Å². The lowest BCUT2D eigenvalue weighted by atomic mass is 10.4. The smallest absolute Gasteiger partial charge is 0.178 e. The Labute approximate surface area is 77.2 Å². The number of rotatable bonds is 3. The zero-order valence-electron chi connectivity index (χ0n) is 7.20. The highest BCUT2D eigenvalue weighted by molar-refractivity contribution is 7.91. The first kappa shape index (κ1) is 9.74. The van der Waals surface area contributed by atoms with Crippen LogP contribution in [-0.4, -0.2) is 14.2 Å². The van der Waals surface area contributed by atoms with E-state index in [0.29, 0.717) is 4.90 Å². The van der Waals surface area contributed by atoms with Gasteiger partial charge in [-0.3, -0.25) is 0 Å². The molecule has 0 fully saturated rings. The van der Waals surface area contributed by atoms with E-state index in [2.05, 4.69) is 0 Å². The molecule has 1 heterocycles. The lowest BCUT2D eigenvalue weighted by molar-refractivity contribution is 0.597. The number of sulfone groups is 1. The van der Waals surface area contributed by atoms with Gasteiger partial charge in [-0.25, -0.2) is 8.42 Å². The molecule has 0 radical (unpaired) electrons. The topological polar surface area (TPSA) is 34.1 Å². The van der Waals surface area contributed by atoms with Crippen LogP contribution in [-0.2, 0) is 16.3 Å². The minimum atomic E-state index is -2.98. The molecule has 1 rings (SSSR count). The van der Waals surface area contributed by atoms with Crippen molar-refractivity contribution in [2.45, 2.75) is 25.2 Å². The fourth-order valence-electron chi connectivity index (χ4n) is 0.876. The Kier molecular flexibility index (Phi) is 2.90. The summed E-state index contributed by atoms with van der Waals surface area (Å²) in [5, 5.41) is 1.72. The van der Waals surface area contributed by atoms with Crippen molar-refractivity contribution in [3.8, 4) is 0 Å². The molecule has 0 N–H and O–H groups in total. The van der Waals surface area contributed by atoms with E-state index in [1.807, 2.05) is 6.92 Å². The van der Waals surface area contributed by atoms with Crippen LogP contribution in [0.1, 0.15) is 18.7 Å². The molecule has 0 bridgehead atoms. The van der Waals surface area contributed by atoms with Crippen LogP contribution in [0.2, 0.25) is 0 Å². The van der Waals surface area contributed by atoms with Crippen molar-refractivity contribution in [3.05, 3.63) is 16.3 Å². The maximum atomic E-state index is 11.3. The summed E-state index contributed by atoms with van der Waals surface area (Å²) in [4.78, 5) is 1.61. The van der Waals surface area contributed by atoms with Crippen LogP contribution in [0.15, 0.2) is 16.3 Å². The molecule has 68 valence electrons. The van der Waals surface area contributed by atoms with Crippen LogP contribution in [0.3, 0.4) is 0 Å². The summed E-state index contributed by atoms with van der Waals surface area (Å²) >= 11 is 1.51.